The number of benzene rings is 2. The Labute approximate surface area is 110 Å². The predicted molar refractivity (Wildman–Crippen MR) is 75.2 cm³/mol. The molecule has 0 unspecified atom stereocenters. The Morgan fingerprint density at radius 2 is 1.68 bits per heavy atom. The summed E-state index contributed by atoms with van der Waals surface area (Å²) >= 11 is 0. The number of nitrogens with zero attached hydrogens (tertiary/aromatic N) is 2. The van der Waals surface area contributed by atoms with Gasteiger partial charge in [0.05, 0.1) is 6.21 Å². The van der Waals surface area contributed by atoms with Gasteiger partial charge >= 0.3 is 0 Å². The van der Waals surface area contributed by atoms with Gasteiger partial charge in [0.25, 0.3) is 0 Å². The van der Waals surface area contributed by atoms with Gasteiger partial charge in [0.2, 0.25) is 5.96 Å². The molecule has 96 valence electrons. The molecular weight excluding hydrogens is 243 g/mol. The first-order valence-corrected chi connectivity index (χ1v) is 5.63. The van der Waals surface area contributed by atoms with Gasteiger partial charge in [-0.2, -0.15) is 5.10 Å². The Bertz CT molecular complexity index is 631. The summed E-state index contributed by atoms with van der Waals surface area (Å²) in [7, 11) is 0. The summed E-state index contributed by atoms with van der Waals surface area (Å²) in [6, 6.07) is 13.9. The van der Waals surface area contributed by atoms with Crippen LogP contribution in [-0.4, -0.2) is 12.2 Å². The van der Waals surface area contributed by atoms with Gasteiger partial charge in [0, 0.05) is 0 Å². The van der Waals surface area contributed by atoms with Crippen LogP contribution in [0.1, 0.15) is 5.56 Å². The van der Waals surface area contributed by atoms with E-state index in [4.69, 9.17) is 11.5 Å². The third kappa shape index (κ3) is 3.64. The van der Waals surface area contributed by atoms with Crippen LogP contribution in [0.5, 0.6) is 0 Å². The molecule has 0 aromatic heterocycles. The van der Waals surface area contributed by atoms with Crippen LogP contribution >= 0.6 is 0 Å². The molecule has 0 heterocycles. The fourth-order valence-electron chi connectivity index (χ4n) is 1.63. The van der Waals surface area contributed by atoms with Crippen LogP contribution in [0, 0.1) is 5.82 Å². The van der Waals surface area contributed by atoms with Crippen molar-refractivity contribution in [3.63, 3.8) is 0 Å². The van der Waals surface area contributed by atoms with Crippen molar-refractivity contribution in [3.05, 3.63) is 59.9 Å². The standard InChI is InChI=1S/C14H13FN4/c15-13-6-2-5-12(8-13)11-4-1-3-10(7-11)9-18-19-14(16)17/h1-9H,(H4,16,17,19). The molecular formula is C14H13FN4. The first kappa shape index (κ1) is 12.8. The van der Waals surface area contributed by atoms with Gasteiger partial charge in [-0.3, -0.25) is 0 Å². The van der Waals surface area contributed by atoms with Crippen molar-refractivity contribution >= 4 is 12.2 Å². The largest absolute Gasteiger partial charge is 0.369 e. The van der Waals surface area contributed by atoms with Gasteiger partial charge in [-0.25, -0.2) is 4.39 Å². The molecule has 0 atom stereocenters. The van der Waals surface area contributed by atoms with Crippen LogP contribution in [0.3, 0.4) is 0 Å². The van der Waals surface area contributed by atoms with E-state index in [1.807, 2.05) is 30.3 Å². The predicted octanol–water partition coefficient (Wildman–Crippen LogP) is 2.10. The molecule has 0 radical (unpaired) electrons. The van der Waals surface area contributed by atoms with Gasteiger partial charge in [-0.15, -0.1) is 5.10 Å². The highest BCUT2D eigenvalue weighted by atomic mass is 19.1. The molecule has 0 aliphatic carbocycles. The van der Waals surface area contributed by atoms with Crippen LogP contribution in [0.4, 0.5) is 4.39 Å². The molecule has 19 heavy (non-hydrogen) atoms. The van der Waals surface area contributed by atoms with E-state index >= 15 is 0 Å². The van der Waals surface area contributed by atoms with Gasteiger partial charge in [-0.05, 0) is 34.9 Å². The summed E-state index contributed by atoms with van der Waals surface area (Å²) in [5, 5.41) is 7.25. The lowest BCUT2D eigenvalue weighted by atomic mass is 10.0. The van der Waals surface area contributed by atoms with Crippen LogP contribution in [0.25, 0.3) is 11.1 Å². The Balaban J connectivity index is 2.29. The molecule has 4 N–H and O–H groups in total. The minimum absolute atomic E-state index is 0.0995. The van der Waals surface area contributed by atoms with E-state index in [1.165, 1.54) is 18.3 Å². The Morgan fingerprint density at radius 3 is 2.37 bits per heavy atom. The van der Waals surface area contributed by atoms with Gasteiger partial charge in [0.1, 0.15) is 5.82 Å². The zero-order valence-electron chi connectivity index (χ0n) is 10.1. The average molecular weight is 256 g/mol. The number of hydrogen-bond acceptors (Lipinski definition) is 2. The molecule has 0 spiro atoms. The number of nitrogens with two attached hydrogens (primary N) is 2. The van der Waals surface area contributed by atoms with E-state index in [0.29, 0.717) is 0 Å². The molecule has 0 fully saturated rings. The minimum Gasteiger partial charge on any atom is -0.369 e. The number of rotatable bonds is 3. The molecule has 2 aromatic carbocycles. The fraction of sp³-hybridized carbons (Fsp3) is 0. The van der Waals surface area contributed by atoms with E-state index in [9.17, 15) is 4.39 Å². The summed E-state index contributed by atoms with van der Waals surface area (Å²) in [5.41, 5.74) is 12.9. The van der Waals surface area contributed by atoms with Crippen molar-refractivity contribution < 1.29 is 4.39 Å². The summed E-state index contributed by atoms with van der Waals surface area (Å²) in [4.78, 5) is 0. The number of guanidine groups is 1. The quantitative estimate of drug-likeness (QED) is 0.501. The van der Waals surface area contributed by atoms with E-state index in [-0.39, 0.29) is 11.8 Å². The van der Waals surface area contributed by atoms with Crippen molar-refractivity contribution in [3.8, 4) is 11.1 Å². The molecule has 0 saturated heterocycles. The first-order chi connectivity index (χ1) is 9.15. The zero-order chi connectivity index (χ0) is 13.7. The minimum atomic E-state index is -0.267. The maximum Gasteiger partial charge on any atom is 0.211 e. The summed E-state index contributed by atoms with van der Waals surface area (Å²) in [6.07, 6.45) is 1.53. The van der Waals surface area contributed by atoms with Crippen molar-refractivity contribution in [2.24, 2.45) is 21.7 Å². The number of hydrogen-bond donors (Lipinski definition) is 2. The number of halogens is 1. The summed E-state index contributed by atoms with van der Waals surface area (Å²) in [5.74, 6) is -0.366. The SMILES string of the molecule is NC(N)=NN=Cc1cccc(-c2cccc(F)c2)c1. The third-order valence-electron chi connectivity index (χ3n) is 2.42. The van der Waals surface area contributed by atoms with Gasteiger partial charge in [0.15, 0.2) is 0 Å². The maximum atomic E-state index is 13.2. The highest BCUT2D eigenvalue weighted by molar-refractivity contribution is 5.83. The molecule has 0 aliphatic heterocycles. The lowest BCUT2D eigenvalue weighted by molar-refractivity contribution is 0.628. The molecule has 0 bridgehead atoms. The van der Waals surface area contributed by atoms with E-state index in [1.54, 1.807) is 6.07 Å². The van der Waals surface area contributed by atoms with Crippen molar-refractivity contribution in [2.45, 2.75) is 0 Å². The third-order valence-corrected chi connectivity index (χ3v) is 2.42. The highest BCUT2D eigenvalue weighted by Crippen LogP contribution is 2.20. The molecule has 0 aliphatic rings. The van der Waals surface area contributed by atoms with Crippen LogP contribution < -0.4 is 11.5 Å². The lowest BCUT2D eigenvalue weighted by Gasteiger charge is -2.02. The second-order valence-corrected chi connectivity index (χ2v) is 3.91. The van der Waals surface area contributed by atoms with Gasteiger partial charge < -0.3 is 11.5 Å². The molecule has 0 amide bonds. The average Bonchev–Trinajstić information content (AvgIpc) is 2.39. The van der Waals surface area contributed by atoms with E-state index < -0.39 is 0 Å². The second kappa shape index (κ2) is 5.77. The normalized spacial score (nSPS) is 10.6. The molecule has 2 rings (SSSR count). The molecule has 5 heteroatoms. The summed E-state index contributed by atoms with van der Waals surface area (Å²) in [6.45, 7) is 0. The topological polar surface area (TPSA) is 76.8 Å². The van der Waals surface area contributed by atoms with Crippen molar-refractivity contribution in [2.75, 3.05) is 0 Å². The Kier molecular flexibility index (Phi) is 3.87. The van der Waals surface area contributed by atoms with E-state index in [2.05, 4.69) is 10.2 Å². The monoisotopic (exact) mass is 256 g/mol. The molecule has 4 nitrogen and oxygen atoms in total. The molecule has 0 saturated carbocycles. The van der Waals surface area contributed by atoms with Crippen LogP contribution in [-0.2, 0) is 0 Å². The van der Waals surface area contributed by atoms with Crippen molar-refractivity contribution in [1.29, 1.82) is 0 Å². The molecule has 2 aromatic rings. The Hall–Kier alpha value is -2.69. The fourth-order valence-corrected chi connectivity index (χ4v) is 1.63. The second-order valence-electron chi connectivity index (χ2n) is 3.91. The van der Waals surface area contributed by atoms with Crippen LogP contribution in [0.2, 0.25) is 0 Å². The maximum absolute atomic E-state index is 13.2. The highest BCUT2D eigenvalue weighted by Gasteiger charge is 1.99. The smallest absolute Gasteiger partial charge is 0.211 e. The van der Waals surface area contributed by atoms with Gasteiger partial charge in [-0.1, -0.05) is 30.3 Å². The van der Waals surface area contributed by atoms with E-state index in [0.717, 1.165) is 16.7 Å². The van der Waals surface area contributed by atoms with Crippen molar-refractivity contribution in [1.82, 2.24) is 0 Å². The summed E-state index contributed by atoms with van der Waals surface area (Å²) < 4.78 is 13.2. The first-order valence-electron chi connectivity index (χ1n) is 5.63. The Morgan fingerprint density at radius 1 is 1.00 bits per heavy atom. The van der Waals surface area contributed by atoms with Crippen LogP contribution in [0.15, 0.2) is 58.7 Å². The zero-order valence-corrected chi connectivity index (χ0v) is 10.1. The lowest BCUT2D eigenvalue weighted by Crippen LogP contribution is -2.21.